The Hall–Kier alpha value is -2.25. The summed E-state index contributed by atoms with van der Waals surface area (Å²) in [5.74, 6) is -0.0359. The maximum atomic E-state index is 12.9. The molecule has 2 aromatic rings. The van der Waals surface area contributed by atoms with Crippen LogP contribution in [0.4, 0.5) is 0 Å². The predicted octanol–water partition coefficient (Wildman–Crippen LogP) is 1.51. The summed E-state index contributed by atoms with van der Waals surface area (Å²) in [5, 5.41) is 11.9. The number of hydrogen-bond donors (Lipinski definition) is 2. The lowest BCUT2D eigenvalue weighted by Gasteiger charge is -2.33. The van der Waals surface area contributed by atoms with Gasteiger partial charge in [-0.3, -0.25) is 4.79 Å². The van der Waals surface area contributed by atoms with Crippen LogP contribution in [0.3, 0.4) is 0 Å². The van der Waals surface area contributed by atoms with Gasteiger partial charge in [0.25, 0.3) is 5.91 Å². The number of carbonyl (C=O) groups excluding carboxylic acids is 1. The monoisotopic (exact) mass is 354 g/mol. The summed E-state index contributed by atoms with van der Waals surface area (Å²) in [6, 6.07) is 11.0. The zero-order chi connectivity index (χ0) is 17.9. The number of rotatable bonds is 3. The fraction of sp³-hybridized carbons (Fsp3) is 0.526. The minimum atomic E-state index is -0.0359. The summed E-state index contributed by atoms with van der Waals surface area (Å²) in [7, 11) is 0. The van der Waals surface area contributed by atoms with E-state index in [2.05, 4.69) is 27.8 Å². The summed E-state index contributed by atoms with van der Waals surface area (Å²) in [6.45, 7) is 2.11. The number of carbonyl (C=O) groups is 1. The highest BCUT2D eigenvalue weighted by Crippen LogP contribution is 2.27. The average molecular weight is 354 g/mol. The molecular formula is C19H26N6O. The van der Waals surface area contributed by atoms with Gasteiger partial charge < -0.3 is 16.0 Å². The van der Waals surface area contributed by atoms with Gasteiger partial charge in [-0.15, -0.1) is 5.10 Å². The second kappa shape index (κ2) is 7.55. The fourth-order valence-corrected chi connectivity index (χ4v) is 3.92. The van der Waals surface area contributed by atoms with Gasteiger partial charge in [-0.25, -0.2) is 4.68 Å². The lowest BCUT2D eigenvalue weighted by molar-refractivity contribution is 0.0697. The van der Waals surface area contributed by atoms with Gasteiger partial charge in [0.1, 0.15) is 0 Å². The van der Waals surface area contributed by atoms with E-state index in [1.54, 1.807) is 0 Å². The maximum absolute atomic E-state index is 12.9. The number of hydrogen-bond acceptors (Lipinski definition) is 5. The van der Waals surface area contributed by atoms with Gasteiger partial charge in [0.2, 0.25) is 0 Å². The molecule has 1 amide bonds. The molecule has 2 aliphatic rings. The second-order valence-electron chi connectivity index (χ2n) is 7.32. The Morgan fingerprint density at radius 3 is 2.69 bits per heavy atom. The number of aromatic nitrogens is 3. The number of nitrogens with one attached hydrogen (secondary N) is 1. The van der Waals surface area contributed by atoms with E-state index >= 15 is 0 Å². The molecule has 1 saturated carbocycles. The van der Waals surface area contributed by atoms with Crippen molar-refractivity contribution in [2.24, 2.45) is 5.73 Å². The first-order chi connectivity index (χ1) is 12.7. The third kappa shape index (κ3) is 3.64. The Balaban J connectivity index is 1.42. The largest absolute Gasteiger partial charge is 0.334 e. The highest BCUT2D eigenvalue weighted by Gasteiger charge is 2.28. The van der Waals surface area contributed by atoms with E-state index in [9.17, 15) is 4.79 Å². The first-order valence-corrected chi connectivity index (χ1v) is 9.46. The Morgan fingerprint density at radius 1 is 1.15 bits per heavy atom. The fourth-order valence-electron chi connectivity index (χ4n) is 3.92. The van der Waals surface area contributed by atoms with Crippen LogP contribution >= 0.6 is 0 Å². The molecule has 1 saturated heterocycles. The average Bonchev–Trinajstić information content (AvgIpc) is 3.19. The van der Waals surface area contributed by atoms with Gasteiger partial charge in [0, 0.05) is 31.7 Å². The Morgan fingerprint density at radius 2 is 1.92 bits per heavy atom. The van der Waals surface area contributed by atoms with Crippen molar-refractivity contribution in [1.29, 1.82) is 0 Å². The highest BCUT2D eigenvalue weighted by molar-refractivity contribution is 5.92. The Kier molecular flexibility index (Phi) is 4.99. The highest BCUT2D eigenvalue weighted by atomic mass is 16.2. The molecule has 2 heterocycles. The molecule has 0 bridgehead atoms. The molecule has 1 aromatic carbocycles. The summed E-state index contributed by atoms with van der Waals surface area (Å²) in [6.07, 6.45) is 5.82. The van der Waals surface area contributed by atoms with E-state index in [0.29, 0.717) is 30.9 Å². The molecule has 0 spiro atoms. The van der Waals surface area contributed by atoms with E-state index in [1.807, 2.05) is 34.0 Å². The first-order valence-electron chi connectivity index (χ1n) is 9.46. The molecule has 1 aliphatic carbocycles. The van der Waals surface area contributed by atoms with E-state index in [1.165, 1.54) is 5.56 Å². The molecule has 4 rings (SSSR count). The van der Waals surface area contributed by atoms with Crippen molar-refractivity contribution in [2.75, 3.05) is 19.6 Å². The lowest BCUT2D eigenvalue weighted by atomic mass is 9.92. The molecule has 7 nitrogen and oxygen atoms in total. The second-order valence-corrected chi connectivity index (χ2v) is 7.32. The van der Waals surface area contributed by atoms with Crippen molar-refractivity contribution in [3.63, 3.8) is 0 Å². The summed E-state index contributed by atoms with van der Waals surface area (Å²) in [5.41, 5.74) is 7.61. The predicted molar refractivity (Wildman–Crippen MR) is 98.6 cm³/mol. The molecule has 3 N–H and O–H groups in total. The summed E-state index contributed by atoms with van der Waals surface area (Å²) >= 11 is 0. The third-order valence-electron chi connectivity index (χ3n) is 5.51. The maximum Gasteiger partial charge on any atom is 0.276 e. The molecule has 1 atom stereocenters. The van der Waals surface area contributed by atoms with E-state index in [4.69, 9.17) is 5.73 Å². The number of nitrogens with zero attached hydrogens (tertiary/aromatic N) is 4. The molecule has 138 valence electrons. The van der Waals surface area contributed by atoms with Gasteiger partial charge in [0.05, 0.1) is 12.2 Å². The minimum absolute atomic E-state index is 0.0359. The van der Waals surface area contributed by atoms with Crippen LogP contribution in [0.25, 0.3) is 0 Å². The molecular weight excluding hydrogens is 328 g/mol. The molecule has 7 heteroatoms. The number of piperazine rings is 1. The van der Waals surface area contributed by atoms with E-state index < -0.39 is 0 Å². The van der Waals surface area contributed by atoms with Crippen LogP contribution in [0.5, 0.6) is 0 Å². The molecule has 1 aromatic heterocycles. The molecule has 0 radical (unpaired) electrons. The van der Waals surface area contributed by atoms with Crippen LogP contribution in [-0.4, -0.2) is 51.5 Å². The normalized spacial score (nSPS) is 26.7. The Bertz CT molecular complexity index is 737. The van der Waals surface area contributed by atoms with Crippen LogP contribution in [0, 0.1) is 0 Å². The van der Waals surface area contributed by atoms with Crippen molar-refractivity contribution < 1.29 is 4.79 Å². The molecule has 2 fully saturated rings. The van der Waals surface area contributed by atoms with Crippen LogP contribution in [0.2, 0.25) is 0 Å². The standard InChI is InChI=1S/C19H26N6O/c20-15-6-8-16(9-7-15)25-13-18(22-23-25)19(26)24-11-10-21-17(12-24)14-4-2-1-3-5-14/h1-5,13,15-17,21H,6-12,20H2. The third-order valence-corrected chi connectivity index (χ3v) is 5.51. The number of benzene rings is 1. The number of nitrogens with two attached hydrogens (primary N) is 1. The zero-order valence-corrected chi connectivity index (χ0v) is 14.9. The van der Waals surface area contributed by atoms with E-state index in [0.717, 1.165) is 32.2 Å². The van der Waals surface area contributed by atoms with Gasteiger partial charge in [-0.2, -0.15) is 0 Å². The van der Waals surface area contributed by atoms with Gasteiger partial charge in [-0.05, 0) is 31.2 Å². The minimum Gasteiger partial charge on any atom is -0.334 e. The van der Waals surface area contributed by atoms with Crippen LogP contribution < -0.4 is 11.1 Å². The van der Waals surface area contributed by atoms with E-state index in [-0.39, 0.29) is 11.9 Å². The zero-order valence-electron chi connectivity index (χ0n) is 14.9. The Labute approximate surface area is 153 Å². The first kappa shape index (κ1) is 17.2. The molecule has 1 aliphatic heterocycles. The van der Waals surface area contributed by atoms with Gasteiger partial charge >= 0.3 is 0 Å². The van der Waals surface area contributed by atoms with Crippen LogP contribution in [-0.2, 0) is 0 Å². The molecule has 1 unspecified atom stereocenters. The topological polar surface area (TPSA) is 89.1 Å². The van der Waals surface area contributed by atoms with Crippen molar-refractivity contribution >= 4 is 5.91 Å². The SMILES string of the molecule is NC1CCC(n2cc(C(=O)N3CCNC(c4ccccc4)C3)nn2)CC1. The van der Waals surface area contributed by atoms with Gasteiger partial charge in [-0.1, -0.05) is 35.5 Å². The van der Waals surface area contributed by atoms with Crippen molar-refractivity contribution in [3.8, 4) is 0 Å². The smallest absolute Gasteiger partial charge is 0.276 e. The van der Waals surface area contributed by atoms with Crippen molar-refractivity contribution in [2.45, 2.75) is 43.8 Å². The quantitative estimate of drug-likeness (QED) is 0.872. The van der Waals surface area contributed by atoms with Crippen LogP contribution in [0.1, 0.15) is 53.8 Å². The molecule has 26 heavy (non-hydrogen) atoms. The van der Waals surface area contributed by atoms with Crippen molar-refractivity contribution in [3.05, 3.63) is 47.8 Å². The summed E-state index contributed by atoms with van der Waals surface area (Å²) in [4.78, 5) is 14.8. The van der Waals surface area contributed by atoms with Crippen LogP contribution in [0.15, 0.2) is 36.5 Å². The number of amides is 1. The van der Waals surface area contributed by atoms with Gasteiger partial charge in [0.15, 0.2) is 5.69 Å². The lowest BCUT2D eigenvalue weighted by Crippen LogP contribution is -2.48. The summed E-state index contributed by atoms with van der Waals surface area (Å²) < 4.78 is 1.86. The van der Waals surface area contributed by atoms with Crippen molar-refractivity contribution in [1.82, 2.24) is 25.2 Å².